The number of nitrogens with zero attached hydrogens (tertiary/aromatic N) is 2. The molecular weight excluding hydrogens is 385 g/mol. The number of aromatic nitrogens is 2. The van der Waals surface area contributed by atoms with Crippen LogP contribution >= 0.6 is 11.3 Å². The van der Waals surface area contributed by atoms with Crippen LogP contribution in [0.15, 0.2) is 12.1 Å². The van der Waals surface area contributed by atoms with Crippen molar-refractivity contribution >= 4 is 27.6 Å². The number of pyridine rings is 1. The van der Waals surface area contributed by atoms with E-state index < -0.39 is 6.17 Å². The Labute approximate surface area is 167 Å². The summed E-state index contributed by atoms with van der Waals surface area (Å²) in [6, 6.07) is 3.63. The molecule has 2 heterocycles. The molecule has 0 unspecified atom stereocenters. The molecule has 28 heavy (non-hydrogen) atoms. The van der Waals surface area contributed by atoms with Crippen LogP contribution in [0.4, 0.5) is 4.39 Å². The summed E-state index contributed by atoms with van der Waals surface area (Å²) >= 11 is 1.28. The monoisotopic (exact) mass is 411 g/mol. The normalized spacial score (nSPS) is 21.0. The number of amides is 1. The maximum atomic E-state index is 12.9. The van der Waals surface area contributed by atoms with E-state index in [-0.39, 0.29) is 24.7 Å². The smallest absolute Gasteiger partial charge is 0.275 e. The molecule has 154 valence electrons. The molecular formula is C19H26FN3O4S. The third kappa shape index (κ3) is 6.00. The quantitative estimate of drug-likeness (QED) is 0.647. The van der Waals surface area contributed by atoms with Crippen molar-refractivity contribution in [3.05, 3.63) is 12.1 Å². The lowest BCUT2D eigenvalue weighted by molar-refractivity contribution is -0.120. The average Bonchev–Trinajstić information content (AvgIpc) is 2.99. The topological polar surface area (TPSA) is 82.6 Å². The van der Waals surface area contributed by atoms with Crippen LogP contribution in [0.25, 0.3) is 10.3 Å². The lowest BCUT2D eigenvalue weighted by Crippen LogP contribution is -2.40. The van der Waals surface area contributed by atoms with Crippen LogP contribution in [0.3, 0.4) is 0 Å². The van der Waals surface area contributed by atoms with E-state index in [9.17, 15) is 9.18 Å². The van der Waals surface area contributed by atoms with Crippen LogP contribution in [0.1, 0.15) is 33.6 Å². The molecule has 1 amide bonds. The first kappa shape index (κ1) is 20.7. The number of hydrogen-bond acceptors (Lipinski definition) is 7. The molecule has 0 saturated heterocycles. The van der Waals surface area contributed by atoms with Gasteiger partial charge in [0, 0.05) is 19.0 Å². The average molecular weight is 411 g/mol. The lowest BCUT2D eigenvalue weighted by atomic mass is 9.83. The minimum atomic E-state index is -1.04. The predicted molar refractivity (Wildman–Crippen MR) is 105 cm³/mol. The third-order valence-electron chi connectivity index (χ3n) is 4.34. The van der Waals surface area contributed by atoms with Crippen molar-refractivity contribution in [1.82, 2.24) is 15.3 Å². The Kier molecular flexibility index (Phi) is 7.01. The number of ether oxygens (including phenoxy) is 3. The van der Waals surface area contributed by atoms with Crippen LogP contribution in [0.5, 0.6) is 11.1 Å². The zero-order chi connectivity index (χ0) is 20.1. The summed E-state index contributed by atoms with van der Waals surface area (Å²) in [5.74, 6) is 0.937. The second-order valence-corrected chi connectivity index (χ2v) is 8.19. The van der Waals surface area contributed by atoms with Crippen LogP contribution in [0.2, 0.25) is 0 Å². The number of alkyl halides is 1. The number of nitrogens with one attached hydrogen (secondary N) is 1. The van der Waals surface area contributed by atoms with Gasteiger partial charge in [0.05, 0.1) is 19.3 Å². The summed E-state index contributed by atoms with van der Waals surface area (Å²) in [6.07, 6.45) is 1.06. The van der Waals surface area contributed by atoms with E-state index in [1.165, 1.54) is 25.2 Å². The van der Waals surface area contributed by atoms with E-state index in [2.05, 4.69) is 15.3 Å². The molecule has 1 N–H and O–H groups in total. The van der Waals surface area contributed by atoms with Crippen LogP contribution < -0.4 is 14.8 Å². The van der Waals surface area contributed by atoms with Gasteiger partial charge in [0.25, 0.3) is 5.19 Å². The molecule has 0 radical (unpaired) electrons. The number of rotatable bonds is 10. The zero-order valence-corrected chi connectivity index (χ0v) is 17.1. The first-order chi connectivity index (χ1) is 13.4. The fraction of sp³-hybridized carbons (Fsp3) is 0.632. The van der Waals surface area contributed by atoms with Gasteiger partial charge in [-0.15, -0.1) is 0 Å². The van der Waals surface area contributed by atoms with Crippen molar-refractivity contribution in [3.8, 4) is 11.1 Å². The molecule has 0 aromatic carbocycles. The SMILES string of the molecule is CC(=O)N[C@@H](C)CO[C@H]1C[C@H](COc2ccc3nc(OC[C@H](C)F)sc3n2)C1. The summed E-state index contributed by atoms with van der Waals surface area (Å²) in [5, 5.41) is 3.22. The molecule has 2 aromatic rings. The van der Waals surface area contributed by atoms with Crippen LogP contribution in [-0.2, 0) is 9.53 Å². The highest BCUT2D eigenvalue weighted by atomic mass is 32.1. The van der Waals surface area contributed by atoms with Crippen molar-refractivity contribution in [3.63, 3.8) is 0 Å². The molecule has 1 saturated carbocycles. The zero-order valence-electron chi connectivity index (χ0n) is 16.3. The van der Waals surface area contributed by atoms with Gasteiger partial charge < -0.3 is 19.5 Å². The molecule has 2 atom stereocenters. The minimum Gasteiger partial charge on any atom is -0.477 e. The Hall–Kier alpha value is -2.00. The minimum absolute atomic E-state index is 0.0162. The van der Waals surface area contributed by atoms with Crippen LogP contribution in [0, 0.1) is 5.92 Å². The fourth-order valence-electron chi connectivity index (χ4n) is 2.93. The Morgan fingerprint density at radius 1 is 1.29 bits per heavy atom. The molecule has 3 rings (SSSR count). The highest BCUT2D eigenvalue weighted by molar-refractivity contribution is 7.19. The number of halogens is 1. The molecule has 2 aromatic heterocycles. The maximum Gasteiger partial charge on any atom is 0.275 e. The van der Waals surface area contributed by atoms with Gasteiger partial charge in [-0.1, -0.05) is 11.3 Å². The first-order valence-electron chi connectivity index (χ1n) is 9.45. The lowest BCUT2D eigenvalue weighted by Gasteiger charge is -2.35. The molecule has 0 bridgehead atoms. The fourth-order valence-corrected chi connectivity index (χ4v) is 3.72. The highest BCUT2D eigenvalue weighted by Gasteiger charge is 2.30. The molecule has 1 aliphatic carbocycles. The molecule has 1 aliphatic rings. The third-order valence-corrected chi connectivity index (χ3v) is 5.22. The van der Waals surface area contributed by atoms with E-state index in [4.69, 9.17) is 14.2 Å². The van der Waals surface area contributed by atoms with Gasteiger partial charge >= 0.3 is 0 Å². The molecule has 7 nitrogen and oxygen atoms in total. The number of carbonyl (C=O) groups excluding carboxylic acids is 1. The van der Waals surface area contributed by atoms with Gasteiger partial charge in [-0.05, 0) is 38.7 Å². The van der Waals surface area contributed by atoms with E-state index in [0.717, 1.165) is 12.8 Å². The number of fused-ring (bicyclic) bond motifs is 1. The summed E-state index contributed by atoms with van der Waals surface area (Å²) in [5.41, 5.74) is 0.712. The largest absolute Gasteiger partial charge is 0.477 e. The predicted octanol–water partition coefficient (Wildman–Crippen LogP) is 3.13. The Morgan fingerprint density at radius 3 is 2.79 bits per heavy atom. The van der Waals surface area contributed by atoms with Crippen molar-refractivity contribution in [2.75, 3.05) is 19.8 Å². The molecule has 0 spiro atoms. The van der Waals surface area contributed by atoms with Gasteiger partial charge in [0.15, 0.2) is 4.83 Å². The number of hydrogen-bond donors (Lipinski definition) is 1. The molecule has 9 heteroatoms. The Bertz CT molecular complexity index is 795. The van der Waals surface area contributed by atoms with E-state index in [1.807, 2.05) is 13.0 Å². The Balaban J connectivity index is 1.39. The summed E-state index contributed by atoms with van der Waals surface area (Å²) in [6.45, 7) is 5.96. The van der Waals surface area contributed by atoms with Crippen molar-refractivity contribution in [2.24, 2.45) is 5.92 Å². The van der Waals surface area contributed by atoms with E-state index in [0.29, 0.717) is 40.6 Å². The number of carbonyl (C=O) groups is 1. The maximum absolute atomic E-state index is 12.9. The molecule has 1 fully saturated rings. The summed E-state index contributed by atoms with van der Waals surface area (Å²) in [7, 11) is 0. The van der Waals surface area contributed by atoms with Crippen molar-refractivity contribution in [2.45, 2.75) is 51.9 Å². The molecule has 0 aliphatic heterocycles. The van der Waals surface area contributed by atoms with Gasteiger partial charge in [-0.2, -0.15) is 0 Å². The van der Waals surface area contributed by atoms with Crippen molar-refractivity contribution < 1.29 is 23.4 Å². The summed E-state index contributed by atoms with van der Waals surface area (Å²) in [4.78, 5) is 20.4. The number of thiazole rings is 1. The standard InChI is InChI=1S/C19H26FN3O4S/c1-11(20)8-27-19-22-16-4-5-17(23-18(16)28-19)26-10-14-6-15(7-14)25-9-12(2)21-13(3)24/h4-5,11-12,14-15H,6-10H2,1-3H3,(H,21,24)/t11-,12-,14-,15-/m0/s1. The first-order valence-corrected chi connectivity index (χ1v) is 10.3. The Morgan fingerprint density at radius 2 is 2.07 bits per heavy atom. The van der Waals surface area contributed by atoms with Gasteiger partial charge in [-0.25, -0.2) is 14.4 Å². The van der Waals surface area contributed by atoms with Crippen molar-refractivity contribution in [1.29, 1.82) is 0 Å². The summed E-state index contributed by atoms with van der Waals surface area (Å²) < 4.78 is 29.8. The van der Waals surface area contributed by atoms with E-state index >= 15 is 0 Å². The van der Waals surface area contributed by atoms with Gasteiger partial charge in [0.2, 0.25) is 11.8 Å². The highest BCUT2D eigenvalue weighted by Crippen LogP contribution is 2.32. The second kappa shape index (κ2) is 9.47. The van der Waals surface area contributed by atoms with Gasteiger partial charge in [-0.3, -0.25) is 4.79 Å². The van der Waals surface area contributed by atoms with Crippen LogP contribution in [-0.4, -0.2) is 54.0 Å². The van der Waals surface area contributed by atoms with E-state index in [1.54, 1.807) is 6.07 Å². The van der Waals surface area contributed by atoms with Gasteiger partial charge in [0.1, 0.15) is 18.3 Å². The second-order valence-electron chi connectivity index (χ2n) is 7.25.